The SMILES string of the molecule is C[C@@H]1CCCCO[C@@H](CN(C)CC2CC2)[C@H](C)CN([C@@H](C)CO)C(=O)c2cc(NC(=O)CCCN(C)C)ccc2O1. The summed E-state index contributed by atoms with van der Waals surface area (Å²) in [5, 5.41) is 13.1. The number of likely N-dealkylation sites (N-methyl/N-ethyl adjacent to an activating group) is 1. The lowest BCUT2D eigenvalue weighted by molar-refractivity contribution is -0.116. The molecule has 9 heteroatoms. The number of nitrogens with one attached hydrogen (secondary N) is 1. The van der Waals surface area contributed by atoms with Gasteiger partial charge in [-0.2, -0.15) is 0 Å². The summed E-state index contributed by atoms with van der Waals surface area (Å²) in [5.74, 6) is 1.05. The molecule has 1 heterocycles. The molecule has 1 aromatic carbocycles. The third kappa shape index (κ3) is 11.2. The van der Waals surface area contributed by atoms with Gasteiger partial charge in [0.15, 0.2) is 0 Å². The van der Waals surface area contributed by atoms with Gasteiger partial charge in [0.05, 0.1) is 30.4 Å². The largest absolute Gasteiger partial charge is 0.490 e. The van der Waals surface area contributed by atoms with E-state index in [0.717, 1.165) is 51.2 Å². The highest BCUT2D eigenvalue weighted by atomic mass is 16.5. The molecule has 2 aliphatic rings. The van der Waals surface area contributed by atoms with Gasteiger partial charge in [-0.05, 0) is 104 Å². The van der Waals surface area contributed by atoms with Gasteiger partial charge in [-0.15, -0.1) is 0 Å². The fourth-order valence-corrected chi connectivity index (χ4v) is 5.37. The Bertz CT molecular complexity index is 969. The molecular weight excluding hydrogens is 520 g/mol. The summed E-state index contributed by atoms with van der Waals surface area (Å²) in [6.07, 6.45) is 6.42. The molecule has 1 saturated carbocycles. The van der Waals surface area contributed by atoms with E-state index in [9.17, 15) is 14.7 Å². The molecule has 0 bridgehead atoms. The van der Waals surface area contributed by atoms with Gasteiger partial charge in [-0.1, -0.05) is 6.92 Å². The first-order chi connectivity index (χ1) is 19.6. The van der Waals surface area contributed by atoms with Crippen molar-refractivity contribution in [2.75, 3.05) is 65.9 Å². The van der Waals surface area contributed by atoms with Crippen LogP contribution in [0, 0.1) is 11.8 Å². The van der Waals surface area contributed by atoms with Crippen molar-refractivity contribution in [3.63, 3.8) is 0 Å². The van der Waals surface area contributed by atoms with Crippen molar-refractivity contribution in [3.8, 4) is 5.75 Å². The van der Waals surface area contributed by atoms with Crippen LogP contribution in [0.25, 0.3) is 0 Å². The molecule has 1 fully saturated rings. The van der Waals surface area contributed by atoms with Crippen molar-refractivity contribution in [2.45, 2.75) is 84.0 Å². The Labute approximate surface area is 247 Å². The minimum absolute atomic E-state index is 0.0242. The number of nitrogens with zero attached hydrogens (tertiary/aromatic N) is 3. The van der Waals surface area contributed by atoms with Gasteiger partial charge >= 0.3 is 0 Å². The molecule has 9 nitrogen and oxygen atoms in total. The summed E-state index contributed by atoms with van der Waals surface area (Å²) < 4.78 is 12.7. The summed E-state index contributed by atoms with van der Waals surface area (Å²) in [6.45, 7) is 9.71. The third-order valence-electron chi connectivity index (χ3n) is 8.10. The van der Waals surface area contributed by atoms with Crippen LogP contribution in [-0.4, -0.2) is 110 Å². The van der Waals surface area contributed by atoms with Crippen molar-refractivity contribution in [2.24, 2.45) is 11.8 Å². The van der Waals surface area contributed by atoms with Crippen molar-refractivity contribution in [1.82, 2.24) is 14.7 Å². The van der Waals surface area contributed by atoms with E-state index in [0.29, 0.717) is 36.6 Å². The van der Waals surface area contributed by atoms with Gasteiger partial charge in [0.25, 0.3) is 5.91 Å². The summed E-state index contributed by atoms with van der Waals surface area (Å²) in [4.78, 5) is 33.0. The molecular formula is C32H54N4O5. The number of anilines is 1. The van der Waals surface area contributed by atoms with E-state index in [-0.39, 0.29) is 36.5 Å². The van der Waals surface area contributed by atoms with Gasteiger partial charge in [0, 0.05) is 44.3 Å². The van der Waals surface area contributed by atoms with Crippen LogP contribution >= 0.6 is 0 Å². The average Bonchev–Trinajstić information content (AvgIpc) is 3.74. The van der Waals surface area contributed by atoms with E-state index in [1.165, 1.54) is 12.8 Å². The fraction of sp³-hybridized carbons (Fsp3) is 0.750. The molecule has 0 saturated heterocycles. The molecule has 232 valence electrons. The maximum absolute atomic E-state index is 14.2. The number of carbonyl (C=O) groups is 2. The number of amides is 2. The highest BCUT2D eigenvalue weighted by molar-refractivity contribution is 5.99. The number of aliphatic hydroxyl groups excluding tert-OH is 1. The lowest BCUT2D eigenvalue weighted by Crippen LogP contribution is -2.47. The Morgan fingerprint density at radius 2 is 1.90 bits per heavy atom. The number of hydrogen-bond acceptors (Lipinski definition) is 7. The molecule has 0 aromatic heterocycles. The van der Waals surface area contributed by atoms with Crippen molar-refractivity contribution in [3.05, 3.63) is 23.8 Å². The zero-order chi connectivity index (χ0) is 29.9. The minimum atomic E-state index is -0.391. The number of ether oxygens (including phenoxy) is 2. The Morgan fingerprint density at radius 1 is 1.15 bits per heavy atom. The van der Waals surface area contributed by atoms with Gasteiger partial charge in [-0.3, -0.25) is 9.59 Å². The fourth-order valence-electron chi connectivity index (χ4n) is 5.37. The Hall–Kier alpha value is -2.20. The van der Waals surface area contributed by atoms with E-state index < -0.39 is 6.04 Å². The van der Waals surface area contributed by atoms with Crippen molar-refractivity contribution >= 4 is 17.5 Å². The quantitative estimate of drug-likeness (QED) is 0.411. The Kier molecular flexibility index (Phi) is 13.4. The first kappa shape index (κ1) is 33.3. The molecule has 1 aliphatic carbocycles. The van der Waals surface area contributed by atoms with Crippen LogP contribution in [0.2, 0.25) is 0 Å². The first-order valence-corrected chi connectivity index (χ1v) is 15.5. The number of aliphatic hydroxyl groups is 1. The van der Waals surface area contributed by atoms with E-state index in [2.05, 4.69) is 29.1 Å². The summed E-state index contributed by atoms with van der Waals surface area (Å²) in [7, 11) is 6.13. The van der Waals surface area contributed by atoms with E-state index >= 15 is 0 Å². The lowest BCUT2D eigenvalue weighted by atomic mass is 10.0. The molecule has 2 amide bonds. The summed E-state index contributed by atoms with van der Waals surface area (Å²) in [6, 6.07) is 4.92. The van der Waals surface area contributed by atoms with Crippen molar-refractivity contribution in [1.29, 1.82) is 0 Å². The van der Waals surface area contributed by atoms with Crippen LogP contribution in [0.1, 0.15) is 76.1 Å². The van der Waals surface area contributed by atoms with Crippen LogP contribution in [0.4, 0.5) is 5.69 Å². The minimum Gasteiger partial charge on any atom is -0.490 e. The third-order valence-corrected chi connectivity index (χ3v) is 8.10. The second-order valence-corrected chi connectivity index (χ2v) is 12.6. The molecule has 4 atom stereocenters. The predicted octanol–water partition coefficient (Wildman–Crippen LogP) is 4.10. The number of rotatable bonds is 11. The van der Waals surface area contributed by atoms with Gasteiger partial charge < -0.3 is 34.6 Å². The van der Waals surface area contributed by atoms with Crippen LogP contribution in [0.15, 0.2) is 18.2 Å². The number of hydrogen-bond donors (Lipinski definition) is 2. The average molecular weight is 575 g/mol. The molecule has 0 unspecified atom stereocenters. The van der Waals surface area contributed by atoms with Gasteiger partial charge in [0.2, 0.25) is 5.91 Å². The van der Waals surface area contributed by atoms with Crippen LogP contribution < -0.4 is 10.1 Å². The topological polar surface area (TPSA) is 94.6 Å². The van der Waals surface area contributed by atoms with E-state index in [1.54, 1.807) is 23.1 Å². The zero-order valence-corrected chi connectivity index (χ0v) is 26.2. The maximum Gasteiger partial charge on any atom is 0.258 e. The molecule has 3 rings (SSSR count). The molecule has 1 aliphatic heterocycles. The van der Waals surface area contributed by atoms with Crippen molar-refractivity contribution < 1.29 is 24.2 Å². The molecule has 41 heavy (non-hydrogen) atoms. The van der Waals surface area contributed by atoms with E-state index in [4.69, 9.17) is 9.47 Å². The van der Waals surface area contributed by atoms with Crippen LogP contribution in [0.5, 0.6) is 5.75 Å². The predicted molar refractivity (Wildman–Crippen MR) is 164 cm³/mol. The maximum atomic E-state index is 14.2. The molecule has 0 spiro atoms. The molecule has 2 N–H and O–H groups in total. The second-order valence-electron chi connectivity index (χ2n) is 12.6. The van der Waals surface area contributed by atoms with Gasteiger partial charge in [0.1, 0.15) is 5.75 Å². The smallest absolute Gasteiger partial charge is 0.258 e. The highest BCUT2D eigenvalue weighted by Crippen LogP contribution is 2.30. The normalized spacial score (nSPS) is 23.6. The lowest BCUT2D eigenvalue weighted by Gasteiger charge is -2.36. The number of fused-ring (bicyclic) bond motifs is 1. The number of benzene rings is 1. The van der Waals surface area contributed by atoms with Crippen LogP contribution in [-0.2, 0) is 9.53 Å². The van der Waals surface area contributed by atoms with Gasteiger partial charge in [-0.25, -0.2) is 0 Å². The van der Waals surface area contributed by atoms with E-state index in [1.807, 2.05) is 27.9 Å². The number of carbonyl (C=O) groups excluding carboxylic acids is 2. The molecule has 1 aromatic rings. The first-order valence-electron chi connectivity index (χ1n) is 15.5. The Balaban J connectivity index is 1.86. The highest BCUT2D eigenvalue weighted by Gasteiger charge is 2.31. The Morgan fingerprint density at radius 3 is 2.59 bits per heavy atom. The molecule has 0 radical (unpaired) electrons. The summed E-state index contributed by atoms with van der Waals surface area (Å²) in [5.41, 5.74) is 0.965. The van der Waals surface area contributed by atoms with Crippen LogP contribution in [0.3, 0.4) is 0 Å². The zero-order valence-electron chi connectivity index (χ0n) is 26.2. The standard InChI is InChI=1S/C32H54N4O5/c1-23-19-36(24(2)22-37)32(39)28-18-27(33-31(38)11-9-16-34(4)5)14-15-29(28)41-25(3)10-7-8-17-40-30(23)21-35(6)20-26-12-13-26/h14-15,18,23-26,30,37H,7-13,16-17,19-22H2,1-6H3,(H,33,38)/t23-,24+,25-,30+/m1/s1. The second kappa shape index (κ2) is 16.4. The summed E-state index contributed by atoms with van der Waals surface area (Å²) >= 11 is 0. The monoisotopic (exact) mass is 574 g/mol.